The molecule has 1 aromatic heterocycles. The Bertz CT molecular complexity index is 629. The van der Waals surface area contributed by atoms with Crippen molar-refractivity contribution in [2.75, 3.05) is 13.7 Å². The molecule has 0 aliphatic heterocycles. The van der Waals surface area contributed by atoms with E-state index in [1.54, 1.807) is 13.2 Å². The van der Waals surface area contributed by atoms with Crippen molar-refractivity contribution in [3.63, 3.8) is 0 Å². The summed E-state index contributed by atoms with van der Waals surface area (Å²) in [5.74, 6) is 0. The Kier molecular flexibility index (Phi) is 4.90. The minimum Gasteiger partial charge on any atom is -0.383 e. The molecule has 1 atom stereocenters. The summed E-state index contributed by atoms with van der Waals surface area (Å²) in [5.41, 5.74) is 1.87. The van der Waals surface area contributed by atoms with Crippen LogP contribution in [-0.2, 0) is 4.74 Å². The lowest BCUT2D eigenvalue weighted by atomic mass is 10.1. The van der Waals surface area contributed by atoms with Gasteiger partial charge < -0.3 is 14.3 Å². The average Bonchev–Trinajstić information content (AvgIpc) is 2.65. The van der Waals surface area contributed by atoms with E-state index in [4.69, 9.17) is 40.2 Å². The molecule has 2 rings (SSSR count). The van der Waals surface area contributed by atoms with Crippen LogP contribution in [0.15, 0.2) is 12.1 Å². The molecule has 3 nitrogen and oxygen atoms in total. The zero-order valence-corrected chi connectivity index (χ0v) is 13.2. The molecule has 0 saturated heterocycles. The zero-order chi connectivity index (χ0) is 14.0. The van der Waals surface area contributed by atoms with Crippen LogP contribution in [0.4, 0.5) is 0 Å². The van der Waals surface area contributed by atoms with Crippen molar-refractivity contribution in [2.45, 2.75) is 25.8 Å². The summed E-state index contributed by atoms with van der Waals surface area (Å²) in [6, 6.07) is 3.86. The number of nitrogens with zero attached hydrogens (tertiary/aromatic N) is 1. The topological polar surface area (TPSA) is 29.9 Å². The Morgan fingerprint density at radius 1 is 1.37 bits per heavy atom. The van der Waals surface area contributed by atoms with E-state index in [1.807, 2.05) is 6.07 Å². The summed E-state index contributed by atoms with van der Waals surface area (Å²) in [6.45, 7) is 2.76. The number of benzene rings is 1. The number of methoxy groups -OCH3 is 1. The number of aromatic amines is 1. The number of halogens is 2. The van der Waals surface area contributed by atoms with Gasteiger partial charge in [0.05, 0.1) is 33.7 Å². The highest BCUT2D eigenvalue weighted by molar-refractivity contribution is 7.71. The molecule has 19 heavy (non-hydrogen) atoms. The van der Waals surface area contributed by atoms with E-state index in [-0.39, 0.29) is 6.04 Å². The molecule has 0 spiro atoms. The third kappa shape index (κ3) is 2.97. The molecule has 0 amide bonds. The fraction of sp³-hybridized carbons (Fsp3) is 0.462. The van der Waals surface area contributed by atoms with Crippen molar-refractivity contribution in [3.8, 4) is 0 Å². The third-order valence-corrected chi connectivity index (χ3v) is 4.13. The summed E-state index contributed by atoms with van der Waals surface area (Å²) >= 11 is 17.5. The van der Waals surface area contributed by atoms with Crippen molar-refractivity contribution < 1.29 is 4.74 Å². The Labute approximate surface area is 127 Å². The first kappa shape index (κ1) is 14.9. The second kappa shape index (κ2) is 6.27. The monoisotopic (exact) mass is 318 g/mol. The van der Waals surface area contributed by atoms with Gasteiger partial charge in [0.1, 0.15) is 0 Å². The molecule has 1 unspecified atom stereocenters. The number of H-pyrrole nitrogens is 1. The zero-order valence-electron chi connectivity index (χ0n) is 10.9. The number of ether oxygens (including phenoxy) is 1. The minimum atomic E-state index is 0.202. The van der Waals surface area contributed by atoms with E-state index >= 15 is 0 Å². The van der Waals surface area contributed by atoms with Crippen molar-refractivity contribution in [1.29, 1.82) is 0 Å². The lowest BCUT2D eigenvalue weighted by molar-refractivity contribution is 0.151. The van der Waals surface area contributed by atoms with Crippen LogP contribution in [0.2, 0.25) is 10.0 Å². The molecule has 6 heteroatoms. The SMILES string of the molecule is CCCC(COC)n1c(=S)[nH]c2cc(Cl)c(Cl)cc21. The maximum Gasteiger partial charge on any atom is 0.178 e. The first-order chi connectivity index (χ1) is 9.08. The van der Waals surface area contributed by atoms with Gasteiger partial charge in [0.25, 0.3) is 0 Å². The number of rotatable bonds is 5. The Balaban J connectivity index is 2.60. The minimum absolute atomic E-state index is 0.202. The maximum atomic E-state index is 6.10. The lowest BCUT2D eigenvalue weighted by Gasteiger charge is -2.18. The molecule has 0 radical (unpaired) electrons. The van der Waals surface area contributed by atoms with E-state index in [0.717, 1.165) is 23.9 Å². The molecule has 0 bridgehead atoms. The molecule has 0 saturated carbocycles. The molecule has 0 aliphatic rings. The predicted molar refractivity (Wildman–Crippen MR) is 83.0 cm³/mol. The van der Waals surface area contributed by atoms with Crippen LogP contribution < -0.4 is 0 Å². The normalized spacial score (nSPS) is 13.1. The molecule has 104 valence electrons. The van der Waals surface area contributed by atoms with Gasteiger partial charge in [-0.3, -0.25) is 0 Å². The number of imidazole rings is 1. The van der Waals surface area contributed by atoms with Gasteiger partial charge in [-0.1, -0.05) is 36.5 Å². The van der Waals surface area contributed by atoms with Gasteiger partial charge in [-0.2, -0.15) is 0 Å². The lowest BCUT2D eigenvalue weighted by Crippen LogP contribution is -2.14. The number of aromatic nitrogens is 2. The smallest absolute Gasteiger partial charge is 0.178 e. The van der Waals surface area contributed by atoms with Crippen LogP contribution >= 0.6 is 35.4 Å². The fourth-order valence-electron chi connectivity index (χ4n) is 2.30. The number of nitrogens with one attached hydrogen (secondary N) is 1. The number of hydrogen-bond acceptors (Lipinski definition) is 2. The van der Waals surface area contributed by atoms with Crippen molar-refractivity contribution in [3.05, 3.63) is 26.9 Å². The van der Waals surface area contributed by atoms with Crippen LogP contribution in [0.3, 0.4) is 0 Å². The Hall–Kier alpha value is -0.550. The van der Waals surface area contributed by atoms with Gasteiger partial charge in [0.2, 0.25) is 0 Å². The molecular weight excluding hydrogens is 303 g/mol. The van der Waals surface area contributed by atoms with Crippen molar-refractivity contribution in [2.24, 2.45) is 0 Å². The molecule has 0 aliphatic carbocycles. The van der Waals surface area contributed by atoms with Crippen LogP contribution in [0, 0.1) is 4.77 Å². The standard InChI is InChI=1S/C13H16Cl2N2OS/c1-3-4-8(7-18-2)17-12-6-10(15)9(14)5-11(12)16-13(17)19/h5-6,8H,3-4,7H2,1-2H3,(H,16,19). The second-order valence-corrected chi connectivity index (χ2v) is 5.68. The maximum absolute atomic E-state index is 6.10. The molecule has 0 fully saturated rings. The predicted octanol–water partition coefficient (Wildman–Crippen LogP) is 4.99. The number of hydrogen-bond donors (Lipinski definition) is 1. The molecule has 1 aromatic carbocycles. The van der Waals surface area contributed by atoms with Crippen LogP contribution in [0.5, 0.6) is 0 Å². The summed E-state index contributed by atoms with van der Waals surface area (Å²) in [7, 11) is 1.70. The van der Waals surface area contributed by atoms with Gasteiger partial charge in [0, 0.05) is 7.11 Å². The van der Waals surface area contributed by atoms with E-state index in [2.05, 4.69) is 16.5 Å². The quantitative estimate of drug-likeness (QED) is 0.787. The summed E-state index contributed by atoms with van der Waals surface area (Å²) < 4.78 is 8.04. The Morgan fingerprint density at radius 2 is 2.05 bits per heavy atom. The largest absolute Gasteiger partial charge is 0.383 e. The van der Waals surface area contributed by atoms with E-state index in [1.165, 1.54) is 0 Å². The molecule has 1 heterocycles. The van der Waals surface area contributed by atoms with E-state index in [0.29, 0.717) is 21.4 Å². The third-order valence-electron chi connectivity index (χ3n) is 3.10. The van der Waals surface area contributed by atoms with E-state index in [9.17, 15) is 0 Å². The van der Waals surface area contributed by atoms with Crippen LogP contribution in [0.1, 0.15) is 25.8 Å². The highest BCUT2D eigenvalue weighted by Crippen LogP contribution is 2.30. The average molecular weight is 319 g/mol. The first-order valence-electron chi connectivity index (χ1n) is 6.16. The van der Waals surface area contributed by atoms with Gasteiger partial charge in [0.15, 0.2) is 4.77 Å². The Morgan fingerprint density at radius 3 is 2.68 bits per heavy atom. The van der Waals surface area contributed by atoms with Crippen molar-refractivity contribution >= 4 is 46.5 Å². The van der Waals surface area contributed by atoms with Gasteiger partial charge in [-0.15, -0.1) is 0 Å². The van der Waals surface area contributed by atoms with E-state index < -0.39 is 0 Å². The number of fused-ring (bicyclic) bond motifs is 1. The van der Waals surface area contributed by atoms with Crippen LogP contribution in [0.25, 0.3) is 11.0 Å². The highest BCUT2D eigenvalue weighted by Gasteiger charge is 2.16. The van der Waals surface area contributed by atoms with Gasteiger partial charge in [-0.05, 0) is 30.8 Å². The molecular formula is C13H16Cl2N2OS. The summed E-state index contributed by atoms with van der Waals surface area (Å²) in [4.78, 5) is 3.17. The highest BCUT2D eigenvalue weighted by atomic mass is 35.5. The molecule has 1 N–H and O–H groups in total. The van der Waals surface area contributed by atoms with Gasteiger partial charge >= 0.3 is 0 Å². The summed E-state index contributed by atoms with van der Waals surface area (Å²) in [5, 5.41) is 1.06. The second-order valence-electron chi connectivity index (χ2n) is 4.48. The van der Waals surface area contributed by atoms with Crippen molar-refractivity contribution in [1.82, 2.24) is 9.55 Å². The summed E-state index contributed by atoms with van der Waals surface area (Å²) in [6.07, 6.45) is 2.05. The van der Waals surface area contributed by atoms with Crippen LogP contribution in [-0.4, -0.2) is 23.3 Å². The first-order valence-corrected chi connectivity index (χ1v) is 7.33. The fourth-order valence-corrected chi connectivity index (χ4v) is 2.97. The van der Waals surface area contributed by atoms with Gasteiger partial charge in [-0.25, -0.2) is 0 Å². The molecule has 2 aromatic rings.